The summed E-state index contributed by atoms with van der Waals surface area (Å²) in [4.78, 5) is 1.91. The van der Waals surface area contributed by atoms with Crippen LogP contribution in [-0.4, -0.2) is 24.3 Å². The Morgan fingerprint density at radius 3 is 2.70 bits per heavy atom. The van der Waals surface area contributed by atoms with Crippen LogP contribution in [0.15, 0.2) is 22.7 Å². The Balaban J connectivity index is 2.32. The molecule has 1 heterocycles. The van der Waals surface area contributed by atoms with Crippen molar-refractivity contribution in [3.63, 3.8) is 0 Å². The number of anilines is 1. The molecule has 2 rings (SSSR count). The van der Waals surface area contributed by atoms with Crippen LogP contribution in [0.3, 0.4) is 0 Å². The third-order valence-corrected chi connectivity index (χ3v) is 4.33. The number of alkyl halides is 3. The maximum atomic E-state index is 12.9. The lowest BCUT2D eigenvalue weighted by Gasteiger charge is -2.36. The second-order valence-corrected chi connectivity index (χ2v) is 6.12. The molecule has 2 N–H and O–H groups in total. The lowest BCUT2D eigenvalue weighted by atomic mass is 9.96. The molecule has 1 atom stereocenters. The van der Waals surface area contributed by atoms with Crippen LogP contribution in [0.4, 0.5) is 18.9 Å². The molecule has 1 aromatic rings. The van der Waals surface area contributed by atoms with Gasteiger partial charge in [0.15, 0.2) is 0 Å². The second-order valence-electron chi connectivity index (χ2n) is 4.82. The number of benzene rings is 1. The van der Waals surface area contributed by atoms with E-state index in [1.54, 1.807) is 23.1 Å². The quantitative estimate of drug-likeness (QED) is 0.805. The minimum absolute atomic E-state index is 0.0461. The summed E-state index contributed by atoms with van der Waals surface area (Å²) < 4.78 is 39.4. The first-order valence-corrected chi connectivity index (χ1v) is 7.41. The van der Waals surface area contributed by atoms with E-state index in [-0.39, 0.29) is 18.0 Å². The van der Waals surface area contributed by atoms with Crippen LogP contribution in [0.1, 0.15) is 18.4 Å². The molecule has 2 nitrogen and oxygen atoms in total. The topological polar surface area (TPSA) is 29.3 Å². The van der Waals surface area contributed by atoms with Gasteiger partial charge in [-0.2, -0.15) is 13.2 Å². The molecule has 0 bridgehead atoms. The summed E-state index contributed by atoms with van der Waals surface area (Å²) in [6, 6.07) is 5.32. The van der Waals surface area contributed by atoms with Crippen molar-refractivity contribution in [1.29, 1.82) is 0 Å². The van der Waals surface area contributed by atoms with E-state index in [2.05, 4.69) is 15.9 Å². The zero-order chi connectivity index (χ0) is 14.9. The van der Waals surface area contributed by atoms with Crippen molar-refractivity contribution in [3.8, 4) is 0 Å². The molecule has 1 unspecified atom stereocenters. The van der Waals surface area contributed by atoms with Crippen LogP contribution in [-0.2, 0) is 0 Å². The summed E-state index contributed by atoms with van der Waals surface area (Å²) in [6.07, 6.45) is -3.47. The minimum atomic E-state index is -4.16. The third kappa shape index (κ3) is 3.25. The SMILES string of the molecule is NC(=S)c1c(Br)cccc1N1CCCC(C(F)(F)F)C1. The van der Waals surface area contributed by atoms with Crippen LogP contribution in [0.25, 0.3) is 0 Å². The van der Waals surface area contributed by atoms with E-state index in [0.717, 1.165) is 0 Å². The van der Waals surface area contributed by atoms with E-state index < -0.39 is 12.1 Å². The average Bonchev–Trinajstić information content (AvgIpc) is 2.37. The Morgan fingerprint density at radius 1 is 1.40 bits per heavy atom. The number of nitrogens with two attached hydrogens (primary N) is 1. The monoisotopic (exact) mass is 366 g/mol. The van der Waals surface area contributed by atoms with E-state index in [0.29, 0.717) is 28.7 Å². The van der Waals surface area contributed by atoms with Gasteiger partial charge in [-0.15, -0.1) is 0 Å². The lowest BCUT2D eigenvalue weighted by Crippen LogP contribution is -2.42. The van der Waals surface area contributed by atoms with Gasteiger partial charge in [0, 0.05) is 28.8 Å². The summed E-state index contributed by atoms with van der Waals surface area (Å²) in [6.45, 7) is 0.536. The van der Waals surface area contributed by atoms with Crippen molar-refractivity contribution in [1.82, 2.24) is 0 Å². The molecular formula is C13H14BrF3N2S. The first kappa shape index (κ1) is 15.6. The van der Waals surface area contributed by atoms with Gasteiger partial charge in [0.2, 0.25) is 0 Å². The van der Waals surface area contributed by atoms with Crippen molar-refractivity contribution in [2.75, 3.05) is 18.0 Å². The number of thiocarbonyl (C=S) groups is 1. The Labute approximate surface area is 129 Å². The standard InChI is InChI=1S/C13H14BrF3N2S/c14-9-4-1-5-10(11(9)12(18)20)19-6-2-3-8(7-19)13(15,16)17/h1,4-5,8H,2-3,6-7H2,(H2,18,20). The van der Waals surface area contributed by atoms with Gasteiger partial charge in [-0.1, -0.05) is 18.3 Å². The van der Waals surface area contributed by atoms with E-state index >= 15 is 0 Å². The Hall–Kier alpha value is -0.820. The molecule has 1 aromatic carbocycles. The lowest BCUT2D eigenvalue weighted by molar-refractivity contribution is -0.175. The Morgan fingerprint density at radius 2 is 2.10 bits per heavy atom. The highest BCUT2D eigenvalue weighted by Crippen LogP contribution is 2.36. The van der Waals surface area contributed by atoms with Crippen molar-refractivity contribution in [2.45, 2.75) is 19.0 Å². The smallest absolute Gasteiger partial charge is 0.389 e. The number of piperidine rings is 1. The highest BCUT2D eigenvalue weighted by Gasteiger charge is 2.42. The molecule has 1 aliphatic heterocycles. The summed E-state index contributed by atoms with van der Waals surface area (Å²) in [7, 11) is 0. The van der Waals surface area contributed by atoms with Gasteiger partial charge < -0.3 is 10.6 Å². The van der Waals surface area contributed by atoms with Crippen molar-refractivity contribution >= 4 is 38.8 Å². The third-order valence-electron chi connectivity index (χ3n) is 3.46. The molecule has 7 heteroatoms. The molecule has 1 saturated heterocycles. The van der Waals surface area contributed by atoms with Gasteiger partial charge in [0.25, 0.3) is 0 Å². The predicted molar refractivity (Wildman–Crippen MR) is 81.0 cm³/mol. The second kappa shape index (κ2) is 5.89. The van der Waals surface area contributed by atoms with E-state index in [4.69, 9.17) is 18.0 Å². The average molecular weight is 367 g/mol. The molecule has 1 aliphatic rings. The number of hydrogen-bond donors (Lipinski definition) is 1. The van der Waals surface area contributed by atoms with Gasteiger partial charge in [-0.3, -0.25) is 0 Å². The zero-order valence-corrected chi connectivity index (χ0v) is 13.0. The fourth-order valence-corrected chi connectivity index (χ4v) is 3.40. The van der Waals surface area contributed by atoms with Gasteiger partial charge >= 0.3 is 6.18 Å². The fraction of sp³-hybridized carbons (Fsp3) is 0.462. The number of hydrogen-bond acceptors (Lipinski definition) is 2. The van der Waals surface area contributed by atoms with Gasteiger partial charge in [-0.05, 0) is 40.9 Å². The van der Waals surface area contributed by atoms with E-state index in [1.165, 1.54) is 0 Å². The van der Waals surface area contributed by atoms with Crippen LogP contribution < -0.4 is 10.6 Å². The maximum absolute atomic E-state index is 12.9. The predicted octanol–water partition coefficient (Wildman–Crippen LogP) is 3.86. The molecule has 20 heavy (non-hydrogen) atoms. The molecule has 0 amide bonds. The Kier molecular flexibility index (Phi) is 4.59. The normalized spacial score (nSPS) is 20.0. The van der Waals surface area contributed by atoms with E-state index in [1.807, 2.05) is 0 Å². The highest BCUT2D eigenvalue weighted by molar-refractivity contribution is 9.10. The van der Waals surface area contributed by atoms with Gasteiger partial charge in [0.1, 0.15) is 4.99 Å². The van der Waals surface area contributed by atoms with Crippen LogP contribution in [0.2, 0.25) is 0 Å². The zero-order valence-electron chi connectivity index (χ0n) is 10.6. The van der Waals surface area contributed by atoms with Crippen molar-refractivity contribution in [2.24, 2.45) is 11.7 Å². The molecule has 0 aromatic heterocycles. The minimum Gasteiger partial charge on any atom is -0.389 e. The van der Waals surface area contributed by atoms with Crippen molar-refractivity contribution < 1.29 is 13.2 Å². The first-order valence-electron chi connectivity index (χ1n) is 6.20. The van der Waals surface area contributed by atoms with Crippen LogP contribution >= 0.6 is 28.1 Å². The number of rotatable bonds is 2. The number of nitrogens with zero attached hydrogens (tertiary/aromatic N) is 1. The summed E-state index contributed by atoms with van der Waals surface area (Å²) in [5.74, 6) is -1.30. The fourth-order valence-electron chi connectivity index (χ4n) is 2.48. The molecule has 0 aliphatic carbocycles. The van der Waals surface area contributed by atoms with Crippen LogP contribution in [0, 0.1) is 5.92 Å². The van der Waals surface area contributed by atoms with Crippen LogP contribution in [0.5, 0.6) is 0 Å². The summed E-state index contributed by atoms with van der Waals surface area (Å²) >= 11 is 8.36. The van der Waals surface area contributed by atoms with Gasteiger partial charge in [0.05, 0.1) is 5.92 Å². The Bertz CT molecular complexity index is 519. The van der Waals surface area contributed by atoms with Crippen molar-refractivity contribution in [3.05, 3.63) is 28.2 Å². The van der Waals surface area contributed by atoms with E-state index in [9.17, 15) is 13.2 Å². The molecular weight excluding hydrogens is 353 g/mol. The summed E-state index contributed by atoms with van der Waals surface area (Å²) in [5.41, 5.74) is 6.96. The maximum Gasteiger partial charge on any atom is 0.393 e. The van der Waals surface area contributed by atoms with Gasteiger partial charge in [-0.25, -0.2) is 0 Å². The summed E-state index contributed by atoms with van der Waals surface area (Å²) in [5, 5.41) is 0. The molecule has 1 fully saturated rings. The largest absolute Gasteiger partial charge is 0.393 e. The molecule has 0 radical (unpaired) electrons. The molecule has 0 saturated carbocycles. The molecule has 110 valence electrons. The number of halogens is 4. The first-order chi connectivity index (χ1) is 9.30. The highest BCUT2D eigenvalue weighted by atomic mass is 79.9. The molecule has 0 spiro atoms.